The molecule has 0 heterocycles. The lowest BCUT2D eigenvalue weighted by atomic mass is 9.61. The van der Waals surface area contributed by atoms with Crippen molar-refractivity contribution in [3.8, 4) is 5.75 Å². The Labute approximate surface area is 166 Å². The lowest BCUT2D eigenvalue weighted by Crippen LogP contribution is -2.62. The smallest absolute Gasteiger partial charge is 0.250 e. The second-order valence-corrected chi connectivity index (χ2v) is 8.56. The minimum absolute atomic E-state index is 0.159. The van der Waals surface area contributed by atoms with Gasteiger partial charge in [0.2, 0.25) is 6.41 Å². The van der Waals surface area contributed by atoms with Gasteiger partial charge in [0, 0.05) is 19.6 Å². The second-order valence-electron chi connectivity index (χ2n) is 8.56. The molecule has 1 spiro atoms. The lowest BCUT2D eigenvalue weighted by molar-refractivity contribution is -0.139. The van der Waals surface area contributed by atoms with Crippen molar-refractivity contribution in [1.82, 2.24) is 10.6 Å². The van der Waals surface area contributed by atoms with E-state index in [4.69, 9.17) is 9.47 Å². The first-order chi connectivity index (χ1) is 13.6. The van der Waals surface area contributed by atoms with E-state index in [9.17, 15) is 9.59 Å². The molecule has 2 N–H and O–H groups in total. The van der Waals surface area contributed by atoms with Gasteiger partial charge in [-0.15, -0.1) is 0 Å². The number of methoxy groups -OCH3 is 1. The van der Waals surface area contributed by atoms with Crippen molar-refractivity contribution >= 4 is 12.3 Å². The van der Waals surface area contributed by atoms with Gasteiger partial charge >= 0.3 is 0 Å². The van der Waals surface area contributed by atoms with Crippen molar-refractivity contribution in [1.29, 1.82) is 0 Å². The summed E-state index contributed by atoms with van der Waals surface area (Å²) in [6.07, 6.45) is 7.53. The minimum atomic E-state index is -1.07. The van der Waals surface area contributed by atoms with Crippen LogP contribution in [0.1, 0.15) is 49.7 Å². The quantitative estimate of drug-likeness (QED) is 0.705. The summed E-state index contributed by atoms with van der Waals surface area (Å²) < 4.78 is 11.5. The van der Waals surface area contributed by atoms with Crippen LogP contribution in [0.5, 0.6) is 5.75 Å². The van der Waals surface area contributed by atoms with E-state index in [0.29, 0.717) is 18.9 Å². The maximum Gasteiger partial charge on any atom is 0.250 e. The molecular weight excluding hydrogens is 356 g/mol. The van der Waals surface area contributed by atoms with Crippen molar-refractivity contribution in [2.45, 2.75) is 56.6 Å². The molecule has 3 aliphatic rings. The highest BCUT2D eigenvalue weighted by Crippen LogP contribution is 2.58. The van der Waals surface area contributed by atoms with E-state index in [1.165, 1.54) is 12.8 Å². The van der Waals surface area contributed by atoms with Crippen LogP contribution in [-0.2, 0) is 26.3 Å². The van der Waals surface area contributed by atoms with Crippen molar-refractivity contribution in [3.63, 3.8) is 0 Å². The summed E-state index contributed by atoms with van der Waals surface area (Å²) in [6.45, 7) is 0.716. The molecule has 2 amide bonds. The molecule has 0 aliphatic heterocycles. The van der Waals surface area contributed by atoms with Crippen LogP contribution in [0.25, 0.3) is 0 Å². The van der Waals surface area contributed by atoms with Gasteiger partial charge in [0.05, 0.1) is 12.7 Å². The number of carbonyl (C=O) groups excluding carboxylic acids is 2. The highest BCUT2D eigenvalue weighted by atomic mass is 16.5. The topological polar surface area (TPSA) is 76.7 Å². The summed E-state index contributed by atoms with van der Waals surface area (Å²) in [7, 11) is 3.38. The molecule has 1 aromatic carbocycles. The third kappa shape index (κ3) is 2.98. The van der Waals surface area contributed by atoms with Crippen LogP contribution < -0.4 is 15.4 Å². The number of hydrogen-bond acceptors (Lipinski definition) is 4. The van der Waals surface area contributed by atoms with E-state index in [1.807, 2.05) is 12.1 Å². The Kier molecular flexibility index (Phi) is 5.08. The van der Waals surface area contributed by atoms with Crippen LogP contribution in [-0.4, -0.2) is 39.2 Å². The highest BCUT2D eigenvalue weighted by Gasteiger charge is 2.62. The maximum absolute atomic E-state index is 13.3. The van der Waals surface area contributed by atoms with Crippen LogP contribution in [0.2, 0.25) is 0 Å². The normalized spacial score (nSPS) is 31.3. The molecule has 2 fully saturated rings. The van der Waals surface area contributed by atoms with Gasteiger partial charge in [0.1, 0.15) is 5.75 Å². The molecule has 1 atom stereocenters. The Morgan fingerprint density at radius 1 is 1.25 bits per heavy atom. The monoisotopic (exact) mass is 386 g/mol. The van der Waals surface area contributed by atoms with Crippen molar-refractivity contribution < 1.29 is 19.1 Å². The minimum Gasteiger partial charge on any atom is -0.493 e. The largest absolute Gasteiger partial charge is 0.493 e. The number of benzene rings is 1. The van der Waals surface area contributed by atoms with Gasteiger partial charge in [-0.05, 0) is 74.1 Å². The number of amides is 2. The van der Waals surface area contributed by atoms with E-state index in [-0.39, 0.29) is 17.4 Å². The molecule has 152 valence electrons. The van der Waals surface area contributed by atoms with Gasteiger partial charge < -0.3 is 20.1 Å². The number of ether oxygens (including phenoxy) is 2. The third-order valence-electron chi connectivity index (χ3n) is 7.06. The van der Waals surface area contributed by atoms with E-state index in [0.717, 1.165) is 49.0 Å². The molecule has 6 nitrogen and oxygen atoms in total. The second kappa shape index (κ2) is 7.39. The standard InChI is InChI=1S/C22H30N2O4/c1-23-20(26)22(24-14-25)19-11-18(28-13-15-3-4-15)6-5-16(19)12-21(22)9-7-17(27-2)8-10-21/h5-6,11,14-15,17H,3-4,7-10,12-13H2,1-2H3,(H,23,26)(H,24,25). The molecule has 4 rings (SSSR count). The van der Waals surface area contributed by atoms with Crippen molar-refractivity contribution in [2.75, 3.05) is 20.8 Å². The van der Waals surface area contributed by atoms with Crippen LogP contribution in [0.15, 0.2) is 18.2 Å². The SMILES string of the molecule is CNC(=O)C1(NC=O)c2cc(OCC3CC3)ccc2CC12CCC(OC)CC2. The molecular formula is C22H30N2O4. The summed E-state index contributed by atoms with van der Waals surface area (Å²) in [6, 6.07) is 6.04. The Bertz CT molecular complexity index is 753. The van der Waals surface area contributed by atoms with Gasteiger partial charge in [-0.2, -0.15) is 0 Å². The van der Waals surface area contributed by atoms with Gasteiger partial charge in [-0.3, -0.25) is 9.59 Å². The Morgan fingerprint density at radius 3 is 2.61 bits per heavy atom. The Morgan fingerprint density at radius 2 is 2.00 bits per heavy atom. The Hall–Kier alpha value is -2.08. The van der Waals surface area contributed by atoms with E-state index in [1.54, 1.807) is 14.2 Å². The maximum atomic E-state index is 13.3. The average Bonchev–Trinajstić information content (AvgIpc) is 3.52. The van der Waals surface area contributed by atoms with Gasteiger partial charge in [-0.25, -0.2) is 0 Å². The van der Waals surface area contributed by atoms with Gasteiger partial charge in [-0.1, -0.05) is 6.07 Å². The molecule has 28 heavy (non-hydrogen) atoms. The fraction of sp³-hybridized carbons (Fsp3) is 0.636. The number of rotatable bonds is 7. The fourth-order valence-corrected chi connectivity index (χ4v) is 5.30. The van der Waals surface area contributed by atoms with Gasteiger partial charge in [0.25, 0.3) is 5.91 Å². The number of nitrogens with one attached hydrogen (secondary N) is 2. The molecule has 2 saturated carbocycles. The highest BCUT2D eigenvalue weighted by molar-refractivity contribution is 5.92. The number of likely N-dealkylation sites (N-methyl/N-ethyl adjacent to an activating group) is 1. The first kappa shape index (κ1) is 19.2. The zero-order chi connectivity index (χ0) is 19.8. The first-order valence-corrected chi connectivity index (χ1v) is 10.3. The molecule has 0 bridgehead atoms. The number of fused-ring (bicyclic) bond motifs is 1. The zero-order valence-corrected chi connectivity index (χ0v) is 16.8. The molecule has 0 saturated heterocycles. The number of carbonyl (C=O) groups is 2. The fourth-order valence-electron chi connectivity index (χ4n) is 5.30. The lowest BCUT2D eigenvalue weighted by Gasteiger charge is -2.48. The van der Waals surface area contributed by atoms with Crippen molar-refractivity contribution in [3.05, 3.63) is 29.3 Å². The molecule has 0 aromatic heterocycles. The van der Waals surface area contributed by atoms with Crippen molar-refractivity contribution in [2.24, 2.45) is 11.3 Å². The molecule has 1 aromatic rings. The summed E-state index contributed by atoms with van der Waals surface area (Å²) >= 11 is 0. The summed E-state index contributed by atoms with van der Waals surface area (Å²) in [4.78, 5) is 25.0. The summed E-state index contributed by atoms with van der Waals surface area (Å²) in [5.74, 6) is 1.27. The molecule has 1 unspecified atom stereocenters. The van der Waals surface area contributed by atoms with Crippen LogP contribution in [0, 0.1) is 11.3 Å². The predicted molar refractivity (Wildman–Crippen MR) is 105 cm³/mol. The predicted octanol–water partition coefficient (Wildman–Crippen LogP) is 2.29. The van der Waals surface area contributed by atoms with E-state index < -0.39 is 5.54 Å². The van der Waals surface area contributed by atoms with Crippen LogP contribution in [0.3, 0.4) is 0 Å². The third-order valence-corrected chi connectivity index (χ3v) is 7.06. The Balaban J connectivity index is 1.75. The molecule has 0 radical (unpaired) electrons. The van der Waals surface area contributed by atoms with Gasteiger partial charge in [0.15, 0.2) is 5.54 Å². The molecule has 6 heteroatoms. The van der Waals surface area contributed by atoms with E-state index in [2.05, 4.69) is 16.7 Å². The molecule has 3 aliphatic carbocycles. The first-order valence-electron chi connectivity index (χ1n) is 10.3. The van der Waals surface area contributed by atoms with E-state index >= 15 is 0 Å². The summed E-state index contributed by atoms with van der Waals surface area (Å²) in [5, 5.41) is 5.79. The zero-order valence-electron chi connectivity index (χ0n) is 16.8. The summed E-state index contributed by atoms with van der Waals surface area (Å²) in [5.41, 5.74) is 0.576. The van der Waals surface area contributed by atoms with Crippen LogP contribution in [0.4, 0.5) is 0 Å². The number of hydrogen-bond donors (Lipinski definition) is 2. The average molecular weight is 386 g/mol. The van der Waals surface area contributed by atoms with Crippen LogP contribution >= 0.6 is 0 Å².